The Hall–Kier alpha value is -1.54. The van der Waals surface area contributed by atoms with Crippen LogP contribution in [-0.2, 0) is 10.0 Å². The van der Waals surface area contributed by atoms with Crippen LogP contribution in [0, 0.1) is 11.3 Å². The first-order valence-electron chi connectivity index (χ1n) is 5.54. The summed E-state index contributed by atoms with van der Waals surface area (Å²) in [5, 5.41) is 8.73. The number of rotatable bonds is 6. The number of nitriles is 1. The Labute approximate surface area is 103 Å². The Morgan fingerprint density at radius 2 is 1.94 bits per heavy atom. The molecule has 0 radical (unpaired) electrons. The Bertz CT molecular complexity index is 477. The van der Waals surface area contributed by atoms with Gasteiger partial charge in [-0.1, -0.05) is 31.5 Å². The van der Waals surface area contributed by atoms with Gasteiger partial charge in [0.2, 0.25) is 10.0 Å². The fraction of sp³-hybridized carbons (Fsp3) is 0.417. The topological polar surface area (TPSA) is 61.2 Å². The molecule has 0 aromatic heterocycles. The van der Waals surface area contributed by atoms with Gasteiger partial charge in [-0.15, -0.1) is 0 Å². The molecule has 0 aliphatic rings. The second-order valence-corrected chi connectivity index (χ2v) is 5.68. The van der Waals surface area contributed by atoms with Crippen molar-refractivity contribution >= 4 is 15.7 Å². The first kappa shape index (κ1) is 13.5. The van der Waals surface area contributed by atoms with Crippen LogP contribution in [0.2, 0.25) is 0 Å². The van der Waals surface area contributed by atoms with Crippen molar-refractivity contribution in [2.75, 3.05) is 16.6 Å². The minimum Gasteiger partial charge on any atom is -0.256 e. The van der Waals surface area contributed by atoms with E-state index in [2.05, 4.69) is 0 Å². The lowest BCUT2D eigenvalue weighted by Gasteiger charge is -2.21. The van der Waals surface area contributed by atoms with Crippen LogP contribution in [0.5, 0.6) is 0 Å². The van der Waals surface area contributed by atoms with Gasteiger partial charge in [0.05, 0.1) is 17.5 Å². The van der Waals surface area contributed by atoms with Gasteiger partial charge < -0.3 is 0 Å². The number of benzene rings is 1. The van der Waals surface area contributed by atoms with E-state index in [-0.39, 0.29) is 12.3 Å². The SMILES string of the molecule is CCCCS(=O)(=O)N(CC#N)c1ccccc1. The Morgan fingerprint density at radius 3 is 2.47 bits per heavy atom. The van der Waals surface area contributed by atoms with Crippen molar-refractivity contribution in [3.05, 3.63) is 30.3 Å². The van der Waals surface area contributed by atoms with E-state index in [9.17, 15) is 8.42 Å². The Kier molecular flexibility index (Phi) is 4.98. The second kappa shape index (κ2) is 6.26. The van der Waals surface area contributed by atoms with Gasteiger partial charge >= 0.3 is 0 Å². The van der Waals surface area contributed by atoms with Crippen LogP contribution in [0.3, 0.4) is 0 Å². The predicted octanol–water partition coefficient (Wildman–Crippen LogP) is 2.15. The number of hydrogen-bond acceptors (Lipinski definition) is 3. The largest absolute Gasteiger partial charge is 0.256 e. The molecule has 1 rings (SSSR count). The molecule has 0 saturated heterocycles. The van der Waals surface area contributed by atoms with E-state index in [1.165, 1.54) is 4.31 Å². The highest BCUT2D eigenvalue weighted by molar-refractivity contribution is 7.92. The molecule has 17 heavy (non-hydrogen) atoms. The van der Waals surface area contributed by atoms with E-state index in [4.69, 9.17) is 5.26 Å². The summed E-state index contributed by atoms with van der Waals surface area (Å²) in [6.45, 7) is 1.79. The summed E-state index contributed by atoms with van der Waals surface area (Å²) >= 11 is 0. The van der Waals surface area contributed by atoms with Crippen molar-refractivity contribution < 1.29 is 8.42 Å². The molecule has 0 unspecified atom stereocenters. The highest BCUT2D eigenvalue weighted by Crippen LogP contribution is 2.18. The normalized spacial score (nSPS) is 10.8. The Morgan fingerprint density at radius 1 is 1.29 bits per heavy atom. The van der Waals surface area contributed by atoms with Crippen LogP contribution in [0.1, 0.15) is 19.8 Å². The summed E-state index contributed by atoms with van der Waals surface area (Å²) in [4.78, 5) is 0. The molecule has 0 amide bonds. The van der Waals surface area contributed by atoms with Gasteiger partial charge in [0.15, 0.2) is 0 Å². The quantitative estimate of drug-likeness (QED) is 0.729. The molecule has 4 nitrogen and oxygen atoms in total. The van der Waals surface area contributed by atoms with E-state index in [0.29, 0.717) is 12.1 Å². The van der Waals surface area contributed by atoms with Gasteiger partial charge in [0.1, 0.15) is 6.54 Å². The van der Waals surface area contributed by atoms with Crippen LogP contribution in [0.25, 0.3) is 0 Å². The number of anilines is 1. The van der Waals surface area contributed by atoms with Crippen molar-refractivity contribution in [3.63, 3.8) is 0 Å². The van der Waals surface area contributed by atoms with Crippen molar-refractivity contribution in [2.45, 2.75) is 19.8 Å². The summed E-state index contributed by atoms with van der Waals surface area (Å²) < 4.78 is 25.3. The highest BCUT2D eigenvalue weighted by Gasteiger charge is 2.21. The molecule has 0 saturated carbocycles. The minimum atomic E-state index is -3.39. The monoisotopic (exact) mass is 252 g/mol. The molecular weight excluding hydrogens is 236 g/mol. The van der Waals surface area contributed by atoms with E-state index < -0.39 is 10.0 Å². The molecule has 0 heterocycles. The molecule has 0 aliphatic carbocycles. The van der Waals surface area contributed by atoms with Crippen molar-refractivity contribution in [1.82, 2.24) is 0 Å². The van der Waals surface area contributed by atoms with Crippen LogP contribution < -0.4 is 4.31 Å². The van der Waals surface area contributed by atoms with Crippen molar-refractivity contribution in [1.29, 1.82) is 5.26 Å². The third kappa shape index (κ3) is 3.75. The fourth-order valence-corrected chi connectivity index (χ4v) is 3.02. The number of hydrogen-bond donors (Lipinski definition) is 0. The summed E-state index contributed by atoms with van der Waals surface area (Å²) in [6.07, 6.45) is 1.42. The molecule has 1 aromatic carbocycles. The standard InChI is InChI=1S/C12H16N2O2S/c1-2-3-11-17(15,16)14(10-9-13)12-7-5-4-6-8-12/h4-8H,2-3,10-11H2,1H3. The smallest absolute Gasteiger partial charge is 0.236 e. The molecule has 0 N–H and O–H groups in total. The van der Waals surface area contributed by atoms with Crippen LogP contribution >= 0.6 is 0 Å². The van der Waals surface area contributed by atoms with Gasteiger partial charge in [-0.05, 0) is 18.6 Å². The van der Waals surface area contributed by atoms with Crippen molar-refractivity contribution in [3.8, 4) is 6.07 Å². The van der Waals surface area contributed by atoms with Crippen molar-refractivity contribution in [2.24, 2.45) is 0 Å². The summed E-state index contributed by atoms with van der Waals surface area (Å²) in [5.41, 5.74) is 0.546. The number of unbranched alkanes of at least 4 members (excludes halogenated alkanes) is 1. The maximum atomic E-state index is 12.1. The zero-order valence-electron chi connectivity index (χ0n) is 9.83. The third-order valence-corrected chi connectivity index (χ3v) is 4.17. The number of nitrogens with zero attached hydrogens (tertiary/aromatic N) is 2. The molecule has 0 bridgehead atoms. The van der Waals surface area contributed by atoms with Gasteiger partial charge in [-0.2, -0.15) is 5.26 Å². The first-order chi connectivity index (χ1) is 8.11. The molecule has 0 spiro atoms. The summed E-state index contributed by atoms with van der Waals surface area (Å²) in [6, 6.07) is 10.6. The van der Waals surface area contributed by atoms with E-state index in [1.54, 1.807) is 24.3 Å². The fourth-order valence-electron chi connectivity index (χ4n) is 1.45. The minimum absolute atomic E-state index is 0.0834. The first-order valence-corrected chi connectivity index (χ1v) is 7.15. The second-order valence-electron chi connectivity index (χ2n) is 3.67. The summed E-state index contributed by atoms with van der Waals surface area (Å²) in [5.74, 6) is 0.0834. The molecule has 0 aliphatic heterocycles. The predicted molar refractivity (Wildman–Crippen MR) is 68.1 cm³/mol. The average molecular weight is 252 g/mol. The van der Waals surface area contributed by atoms with Gasteiger partial charge in [-0.3, -0.25) is 4.31 Å². The molecular formula is C12H16N2O2S. The number of sulfonamides is 1. The maximum Gasteiger partial charge on any atom is 0.236 e. The van der Waals surface area contributed by atoms with Gasteiger partial charge in [-0.25, -0.2) is 8.42 Å². The zero-order chi connectivity index (χ0) is 12.7. The van der Waals surface area contributed by atoms with Crippen LogP contribution in [0.15, 0.2) is 30.3 Å². The van der Waals surface area contributed by atoms with E-state index >= 15 is 0 Å². The zero-order valence-corrected chi connectivity index (χ0v) is 10.7. The molecule has 92 valence electrons. The van der Waals surface area contributed by atoms with E-state index in [1.807, 2.05) is 19.1 Å². The molecule has 5 heteroatoms. The lowest BCUT2D eigenvalue weighted by molar-refractivity contribution is 0.589. The van der Waals surface area contributed by atoms with Crippen LogP contribution in [0.4, 0.5) is 5.69 Å². The number of para-hydroxylation sites is 1. The summed E-state index contributed by atoms with van der Waals surface area (Å²) in [7, 11) is -3.39. The maximum absolute atomic E-state index is 12.1. The Balaban J connectivity index is 2.98. The highest BCUT2D eigenvalue weighted by atomic mass is 32.2. The lowest BCUT2D eigenvalue weighted by Crippen LogP contribution is -2.33. The van der Waals surface area contributed by atoms with Gasteiger partial charge in [0, 0.05) is 0 Å². The van der Waals surface area contributed by atoms with E-state index in [0.717, 1.165) is 6.42 Å². The average Bonchev–Trinajstić information content (AvgIpc) is 2.34. The molecule has 1 aromatic rings. The molecule has 0 fully saturated rings. The van der Waals surface area contributed by atoms with Crippen LogP contribution in [-0.4, -0.2) is 20.7 Å². The molecule has 0 atom stereocenters. The van der Waals surface area contributed by atoms with Gasteiger partial charge in [0.25, 0.3) is 0 Å². The lowest BCUT2D eigenvalue weighted by atomic mass is 10.3. The third-order valence-electron chi connectivity index (χ3n) is 2.35.